The number of fused-ring (bicyclic) bond motifs is 1. The lowest BCUT2D eigenvalue weighted by molar-refractivity contribution is -0.115. The van der Waals surface area contributed by atoms with Crippen LogP contribution in [0.1, 0.15) is 5.76 Å². The van der Waals surface area contributed by atoms with Crippen LogP contribution in [0.2, 0.25) is 10.0 Å². The molecule has 0 saturated heterocycles. The van der Waals surface area contributed by atoms with Crippen molar-refractivity contribution in [3.05, 3.63) is 101 Å². The molecule has 2 N–H and O–H groups in total. The van der Waals surface area contributed by atoms with Crippen molar-refractivity contribution in [2.24, 2.45) is 0 Å². The van der Waals surface area contributed by atoms with Crippen LogP contribution < -0.4 is 10.6 Å². The molecule has 2 heterocycles. The van der Waals surface area contributed by atoms with Gasteiger partial charge in [-0.2, -0.15) is 0 Å². The van der Waals surface area contributed by atoms with Gasteiger partial charge in [0, 0.05) is 22.9 Å². The second-order valence-electron chi connectivity index (χ2n) is 7.64. The van der Waals surface area contributed by atoms with E-state index in [1.165, 1.54) is 12.2 Å². The normalized spacial score (nSPS) is 11.2. The summed E-state index contributed by atoms with van der Waals surface area (Å²) in [5.41, 5.74) is 3.72. The molecule has 0 aliphatic heterocycles. The van der Waals surface area contributed by atoms with E-state index in [4.69, 9.17) is 44.3 Å². The highest BCUT2D eigenvalue weighted by Gasteiger charge is 2.11. The third-order valence-corrected chi connectivity index (χ3v) is 6.19. The van der Waals surface area contributed by atoms with E-state index in [1.807, 2.05) is 48.5 Å². The molecule has 5 rings (SSSR count). The molecule has 36 heavy (non-hydrogen) atoms. The van der Waals surface area contributed by atoms with Gasteiger partial charge in [0.15, 0.2) is 10.7 Å². The Kier molecular flexibility index (Phi) is 6.86. The molecule has 2 aromatic heterocycles. The third kappa shape index (κ3) is 5.33. The van der Waals surface area contributed by atoms with E-state index in [0.29, 0.717) is 38.7 Å². The van der Waals surface area contributed by atoms with Crippen LogP contribution >= 0.6 is 35.4 Å². The fourth-order valence-corrected chi connectivity index (χ4v) is 4.06. The van der Waals surface area contributed by atoms with Gasteiger partial charge in [0.2, 0.25) is 11.8 Å². The average Bonchev–Trinajstić information content (AvgIpc) is 3.52. The number of carbonyl (C=O) groups is 1. The van der Waals surface area contributed by atoms with Crippen LogP contribution in [0.15, 0.2) is 93.8 Å². The molecule has 1 amide bonds. The Labute approximate surface area is 221 Å². The van der Waals surface area contributed by atoms with Crippen molar-refractivity contribution >= 4 is 69.3 Å². The molecule has 0 atom stereocenters. The maximum absolute atomic E-state index is 12.3. The molecule has 0 fully saturated rings. The van der Waals surface area contributed by atoms with Gasteiger partial charge in [-0.15, -0.1) is 0 Å². The zero-order chi connectivity index (χ0) is 25.1. The van der Waals surface area contributed by atoms with Crippen molar-refractivity contribution in [1.29, 1.82) is 0 Å². The number of oxazole rings is 1. The van der Waals surface area contributed by atoms with Gasteiger partial charge in [-0.1, -0.05) is 41.4 Å². The van der Waals surface area contributed by atoms with E-state index in [1.54, 1.807) is 30.3 Å². The number of anilines is 1. The first kappa shape index (κ1) is 23.8. The Morgan fingerprint density at radius 1 is 0.917 bits per heavy atom. The van der Waals surface area contributed by atoms with E-state index in [0.717, 1.165) is 16.7 Å². The predicted octanol–water partition coefficient (Wildman–Crippen LogP) is 7.59. The van der Waals surface area contributed by atoms with Crippen molar-refractivity contribution in [2.75, 3.05) is 5.32 Å². The molecule has 0 aliphatic carbocycles. The molecule has 0 aliphatic rings. The number of amides is 1. The van der Waals surface area contributed by atoms with Crippen LogP contribution in [0.4, 0.5) is 5.69 Å². The number of hydrogen-bond acceptors (Lipinski definition) is 5. The predicted molar refractivity (Wildman–Crippen MR) is 147 cm³/mol. The number of nitrogens with one attached hydrogen (secondary N) is 2. The lowest BCUT2D eigenvalue weighted by Crippen LogP contribution is -2.32. The highest BCUT2D eigenvalue weighted by Crippen LogP contribution is 2.34. The lowest BCUT2D eigenvalue weighted by Gasteiger charge is -2.08. The van der Waals surface area contributed by atoms with Crippen molar-refractivity contribution in [3.63, 3.8) is 0 Å². The minimum absolute atomic E-state index is 0.158. The minimum atomic E-state index is -0.408. The molecular weight excluding hydrogens is 517 g/mol. The summed E-state index contributed by atoms with van der Waals surface area (Å²) in [6.45, 7) is 0. The number of aromatic nitrogens is 1. The number of halogens is 2. The number of thiocarbonyl (C=S) groups is 1. The first-order valence-electron chi connectivity index (χ1n) is 10.8. The van der Waals surface area contributed by atoms with Gasteiger partial charge >= 0.3 is 0 Å². The van der Waals surface area contributed by atoms with E-state index in [-0.39, 0.29) is 5.11 Å². The average molecular weight is 534 g/mol. The van der Waals surface area contributed by atoms with E-state index >= 15 is 0 Å². The van der Waals surface area contributed by atoms with Crippen LogP contribution in [0.5, 0.6) is 0 Å². The summed E-state index contributed by atoms with van der Waals surface area (Å²) < 4.78 is 11.5. The summed E-state index contributed by atoms with van der Waals surface area (Å²) >= 11 is 17.6. The lowest BCUT2D eigenvalue weighted by atomic mass is 10.2. The molecule has 6 nitrogen and oxygen atoms in total. The molecule has 0 radical (unpaired) electrons. The van der Waals surface area contributed by atoms with Crippen LogP contribution in [0.25, 0.3) is 40.0 Å². The molecule has 0 bridgehead atoms. The van der Waals surface area contributed by atoms with Crippen LogP contribution in [-0.2, 0) is 4.79 Å². The van der Waals surface area contributed by atoms with E-state index < -0.39 is 5.91 Å². The largest absolute Gasteiger partial charge is 0.457 e. The summed E-state index contributed by atoms with van der Waals surface area (Å²) in [5, 5.41) is 6.57. The summed E-state index contributed by atoms with van der Waals surface area (Å²) in [6.07, 6.45) is 2.86. The van der Waals surface area contributed by atoms with Crippen molar-refractivity contribution < 1.29 is 13.6 Å². The minimum Gasteiger partial charge on any atom is -0.457 e. The maximum atomic E-state index is 12.3. The smallest absolute Gasteiger partial charge is 0.250 e. The van der Waals surface area contributed by atoms with Gasteiger partial charge in [-0.3, -0.25) is 10.1 Å². The summed E-state index contributed by atoms with van der Waals surface area (Å²) in [7, 11) is 0. The monoisotopic (exact) mass is 533 g/mol. The highest BCUT2D eigenvalue weighted by molar-refractivity contribution is 7.80. The number of hydrogen-bond donors (Lipinski definition) is 2. The number of para-hydroxylation sites is 2. The molecule has 0 unspecified atom stereocenters. The van der Waals surface area contributed by atoms with Gasteiger partial charge in [0.1, 0.15) is 17.0 Å². The van der Waals surface area contributed by atoms with Crippen LogP contribution in [0.3, 0.4) is 0 Å². The van der Waals surface area contributed by atoms with Gasteiger partial charge in [-0.05, 0) is 79.0 Å². The molecule has 5 aromatic rings. The number of carbonyl (C=O) groups excluding carboxylic acids is 1. The molecule has 0 saturated carbocycles. The van der Waals surface area contributed by atoms with Gasteiger partial charge < -0.3 is 14.2 Å². The van der Waals surface area contributed by atoms with Crippen LogP contribution in [0, 0.1) is 0 Å². The zero-order valence-electron chi connectivity index (χ0n) is 18.5. The SMILES string of the molecule is O=C(C=Cc1ccc(-c2cccc(Cl)c2Cl)o1)NC(=S)Nc1ccc(-c2nc3ccccc3o2)cc1. The Hall–Kier alpha value is -3.91. The molecule has 3 aromatic carbocycles. The maximum Gasteiger partial charge on any atom is 0.250 e. The standard InChI is InChI=1S/C27H17Cl2N3O3S/c28-20-5-3-4-19(25(20)29)22-14-12-18(34-22)13-15-24(33)32-27(36)30-17-10-8-16(9-11-17)26-31-21-6-1-2-7-23(21)35-26/h1-15H,(H2,30,32,33,36). The van der Waals surface area contributed by atoms with Gasteiger partial charge in [-0.25, -0.2) is 4.98 Å². The third-order valence-electron chi connectivity index (χ3n) is 5.16. The molecule has 9 heteroatoms. The van der Waals surface area contributed by atoms with Gasteiger partial charge in [0.05, 0.1) is 10.0 Å². The molecule has 0 spiro atoms. The Morgan fingerprint density at radius 3 is 2.53 bits per heavy atom. The van der Waals surface area contributed by atoms with Crippen molar-refractivity contribution in [3.8, 4) is 22.8 Å². The summed E-state index contributed by atoms with van der Waals surface area (Å²) in [6, 6.07) is 23.7. The Balaban J connectivity index is 1.17. The van der Waals surface area contributed by atoms with Crippen LogP contribution in [-0.4, -0.2) is 16.0 Å². The first-order valence-corrected chi connectivity index (χ1v) is 11.9. The number of furan rings is 1. The first-order chi connectivity index (χ1) is 17.5. The Bertz CT molecular complexity index is 1570. The number of nitrogens with zero attached hydrogens (tertiary/aromatic N) is 1. The fourth-order valence-electron chi connectivity index (χ4n) is 3.45. The quantitative estimate of drug-likeness (QED) is 0.179. The topological polar surface area (TPSA) is 80.3 Å². The Morgan fingerprint density at radius 2 is 1.72 bits per heavy atom. The molecule has 178 valence electrons. The van der Waals surface area contributed by atoms with Crippen molar-refractivity contribution in [1.82, 2.24) is 10.3 Å². The van der Waals surface area contributed by atoms with Crippen molar-refractivity contribution in [2.45, 2.75) is 0 Å². The van der Waals surface area contributed by atoms with Gasteiger partial charge in [0.25, 0.3) is 0 Å². The zero-order valence-corrected chi connectivity index (χ0v) is 20.8. The number of benzene rings is 3. The number of rotatable bonds is 5. The van der Waals surface area contributed by atoms with E-state index in [2.05, 4.69) is 15.6 Å². The second kappa shape index (κ2) is 10.4. The van der Waals surface area contributed by atoms with E-state index in [9.17, 15) is 4.79 Å². The molecular formula is C27H17Cl2N3O3S. The second-order valence-corrected chi connectivity index (χ2v) is 8.84. The highest BCUT2D eigenvalue weighted by atomic mass is 35.5. The summed E-state index contributed by atoms with van der Waals surface area (Å²) in [4.78, 5) is 16.8. The summed E-state index contributed by atoms with van der Waals surface area (Å²) in [5.74, 6) is 1.14. The fraction of sp³-hybridized carbons (Fsp3) is 0.